The SMILES string of the molecule is CN(CC(C)(C)CN)C(=O)CN1C(=O)NC(=O)C1(C)C. The number of rotatable bonds is 5. The highest BCUT2D eigenvalue weighted by Gasteiger charge is 2.46. The maximum Gasteiger partial charge on any atom is 0.325 e. The first-order valence-electron chi connectivity index (χ1n) is 6.58. The summed E-state index contributed by atoms with van der Waals surface area (Å²) in [6.07, 6.45) is 0. The van der Waals surface area contributed by atoms with Crippen molar-refractivity contribution in [2.45, 2.75) is 33.2 Å². The van der Waals surface area contributed by atoms with Gasteiger partial charge in [0, 0.05) is 13.6 Å². The highest BCUT2D eigenvalue weighted by molar-refractivity contribution is 6.07. The van der Waals surface area contributed by atoms with E-state index in [1.165, 1.54) is 4.90 Å². The number of hydrogen-bond acceptors (Lipinski definition) is 4. The molecule has 0 aromatic carbocycles. The zero-order chi connectivity index (χ0) is 15.7. The largest absolute Gasteiger partial charge is 0.344 e. The molecule has 4 amide bonds. The third-order valence-corrected chi connectivity index (χ3v) is 3.63. The summed E-state index contributed by atoms with van der Waals surface area (Å²) < 4.78 is 0. The molecule has 1 aliphatic rings. The van der Waals surface area contributed by atoms with Gasteiger partial charge in [0.1, 0.15) is 12.1 Å². The Kier molecular flexibility index (Phi) is 4.43. The molecule has 0 aliphatic carbocycles. The van der Waals surface area contributed by atoms with Crippen molar-refractivity contribution in [3.8, 4) is 0 Å². The van der Waals surface area contributed by atoms with Crippen molar-refractivity contribution in [2.75, 3.05) is 26.7 Å². The Balaban J connectivity index is 2.71. The molecular weight excluding hydrogens is 260 g/mol. The minimum atomic E-state index is -1.00. The van der Waals surface area contributed by atoms with Crippen molar-refractivity contribution < 1.29 is 14.4 Å². The summed E-state index contributed by atoms with van der Waals surface area (Å²) in [5.74, 6) is -0.607. The fraction of sp³-hybridized carbons (Fsp3) is 0.769. The summed E-state index contributed by atoms with van der Waals surface area (Å²) >= 11 is 0. The van der Waals surface area contributed by atoms with Crippen LogP contribution in [0.25, 0.3) is 0 Å². The fourth-order valence-electron chi connectivity index (χ4n) is 2.01. The number of hydrogen-bond donors (Lipinski definition) is 2. The third-order valence-electron chi connectivity index (χ3n) is 3.63. The molecule has 114 valence electrons. The number of nitrogens with two attached hydrogens (primary N) is 1. The van der Waals surface area contributed by atoms with Gasteiger partial charge in [-0.3, -0.25) is 14.9 Å². The maximum absolute atomic E-state index is 12.2. The molecule has 1 aliphatic heterocycles. The molecule has 0 radical (unpaired) electrons. The van der Waals surface area contributed by atoms with Gasteiger partial charge in [0.15, 0.2) is 0 Å². The van der Waals surface area contributed by atoms with E-state index in [0.29, 0.717) is 13.1 Å². The predicted molar refractivity (Wildman–Crippen MR) is 74.8 cm³/mol. The van der Waals surface area contributed by atoms with Crippen LogP contribution in [-0.4, -0.2) is 59.9 Å². The first-order chi connectivity index (χ1) is 9.01. The Bertz CT molecular complexity index is 431. The lowest BCUT2D eigenvalue weighted by molar-refractivity contribution is -0.133. The molecule has 0 bridgehead atoms. The Morgan fingerprint density at radius 3 is 2.35 bits per heavy atom. The Labute approximate surface area is 119 Å². The molecule has 1 heterocycles. The lowest BCUT2D eigenvalue weighted by atomic mass is 9.93. The first-order valence-corrected chi connectivity index (χ1v) is 6.58. The van der Waals surface area contributed by atoms with Gasteiger partial charge in [-0.1, -0.05) is 13.8 Å². The van der Waals surface area contributed by atoms with Crippen molar-refractivity contribution in [1.29, 1.82) is 0 Å². The van der Waals surface area contributed by atoms with E-state index >= 15 is 0 Å². The number of nitrogens with zero attached hydrogens (tertiary/aromatic N) is 2. The Morgan fingerprint density at radius 2 is 1.95 bits per heavy atom. The van der Waals surface area contributed by atoms with Crippen LogP contribution in [0.2, 0.25) is 0 Å². The van der Waals surface area contributed by atoms with Crippen molar-refractivity contribution in [2.24, 2.45) is 11.1 Å². The van der Waals surface area contributed by atoms with Crippen LogP contribution in [0.4, 0.5) is 4.79 Å². The van der Waals surface area contributed by atoms with Crippen LogP contribution >= 0.6 is 0 Å². The summed E-state index contributed by atoms with van der Waals surface area (Å²) in [4.78, 5) is 38.3. The van der Waals surface area contributed by atoms with E-state index in [-0.39, 0.29) is 23.8 Å². The smallest absolute Gasteiger partial charge is 0.325 e. The zero-order valence-electron chi connectivity index (χ0n) is 12.8. The topological polar surface area (TPSA) is 95.7 Å². The molecule has 1 saturated heterocycles. The molecule has 0 unspecified atom stereocenters. The monoisotopic (exact) mass is 284 g/mol. The number of imide groups is 1. The minimum Gasteiger partial charge on any atom is -0.344 e. The average Bonchev–Trinajstić information content (AvgIpc) is 2.51. The summed E-state index contributed by atoms with van der Waals surface area (Å²) in [5, 5.41) is 2.22. The standard InChI is InChI=1S/C13H24N4O3/c1-12(2,7-14)8-16(5)9(18)6-17-11(20)15-10(19)13(17,3)4/h6-8,14H2,1-5H3,(H,15,19,20). The lowest BCUT2D eigenvalue weighted by Crippen LogP contribution is -2.50. The normalized spacial score (nSPS) is 18.2. The molecule has 7 heteroatoms. The molecule has 7 nitrogen and oxygen atoms in total. The number of likely N-dealkylation sites (N-methyl/N-ethyl adjacent to an activating group) is 1. The van der Waals surface area contributed by atoms with Gasteiger partial charge in [0.25, 0.3) is 5.91 Å². The van der Waals surface area contributed by atoms with Gasteiger partial charge >= 0.3 is 6.03 Å². The molecule has 0 saturated carbocycles. The van der Waals surface area contributed by atoms with Crippen LogP contribution in [0.5, 0.6) is 0 Å². The maximum atomic E-state index is 12.2. The predicted octanol–water partition coefficient (Wildman–Crippen LogP) is -0.240. The number of carbonyl (C=O) groups is 3. The van der Waals surface area contributed by atoms with Crippen molar-refractivity contribution in [3.05, 3.63) is 0 Å². The van der Waals surface area contributed by atoms with Crippen LogP contribution < -0.4 is 11.1 Å². The molecule has 20 heavy (non-hydrogen) atoms. The van der Waals surface area contributed by atoms with E-state index in [9.17, 15) is 14.4 Å². The Hall–Kier alpha value is -1.63. The van der Waals surface area contributed by atoms with Crippen LogP contribution in [0.3, 0.4) is 0 Å². The van der Waals surface area contributed by atoms with Crippen molar-refractivity contribution >= 4 is 17.8 Å². The van der Waals surface area contributed by atoms with Gasteiger partial charge in [0.05, 0.1) is 0 Å². The molecule has 1 rings (SSSR count). The van der Waals surface area contributed by atoms with E-state index in [1.807, 2.05) is 13.8 Å². The first kappa shape index (κ1) is 16.4. The molecule has 0 atom stereocenters. The highest BCUT2D eigenvalue weighted by atomic mass is 16.2. The fourth-order valence-corrected chi connectivity index (χ4v) is 2.01. The summed E-state index contributed by atoms with van der Waals surface area (Å²) in [6.45, 7) is 7.99. The molecule has 1 fully saturated rings. The Morgan fingerprint density at radius 1 is 1.40 bits per heavy atom. The van der Waals surface area contributed by atoms with Gasteiger partial charge < -0.3 is 15.5 Å². The molecular formula is C13H24N4O3. The number of nitrogens with one attached hydrogen (secondary N) is 1. The zero-order valence-corrected chi connectivity index (χ0v) is 12.8. The number of urea groups is 1. The van der Waals surface area contributed by atoms with E-state index in [0.717, 1.165) is 0 Å². The quantitative estimate of drug-likeness (QED) is 0.681. The van der Waals surface area contributed by atoms with Crippen LogP contribution in [0.1, 0.15) is 27.7 Å². The summed E-state index contributed by atoms with van der Waals surface area (Å²) in [5.41, 5.74) is 4.45. The van der Waals surface area contributed by atoms with Gasteiger partial charge in [-0.2, -0.15) is 0 Å². The average molecular weight is 284 g/mol. The van der Waals surface area contributed by atoms with E-state index in [2.05, 4.69) is 5.32 Å². The van der Waals surface area contributed by atoms with Crippen LogP contribution in [-0.2, 0) is 9.59 Å². The van der Waals surface area contributed by atoms with Gasteiger partial charge in [0.2, 0.25) is 5.91 Å². The molecule has 0 spiro atoms. The lowest BCUT2D eigenvalue weighted by Gasteiger charge is -2.32. The van der Waals surface area contributed by atoms with Crippen molar-refractivity contribution in [1.82, 2.24) is 15.1 Å². The van der Waals surface area contributed by atoms with E-state index in [4.69, 9.17) is 5.73 Å². The summed E-state index contributed by atoms with van der Waals surface area (Å²) in [6, 6.07) is -0.528. The third kappa shape index (κ3) is 3.27. The van der Waals surface area contributed by atoms with Gasteiger partial charge in [-0.15, -0.1) is 0 Å². The summed E-state index contributed by atoms with van der Waals surface area (Å²) in [7, 11) is 1.67. The molecule has 0 aromatic heterocycles. The second-order valence-corrected chi connectivity index (χ2v) is 6.52. The van der Waals surface area contributed by atoms with Crippen molar-refractivity contribution in [3.63, 3.8) is 0 Å². The number of amides is 4. The molecule has 3 N–H and O–H groups in total. The van der Waals surface area contributed by atoms with Gasteiger partial charge in [-0.05, 0) is 25.8 Å². The number of carbonyl (C=O) groups excluding carboxylic acids is 3. The van der Waals surface area contributed by atoms with Crippen LogP contribution in [0, 0.1) is 5.41 Å². The van der Waals surface area contributed by atoms with E-state index < -0.39 is 11.6 Å². The minimum absolute atomic E-state index is 0.123. The second kappa shape index (κ2) is 5.40. The van der Waals surface area contributed by atoms with Crippen LogP contribution in [0.15, 0.2) is 0 Å². The highest BCUT2D eigenvalue weighted by Crippen LogP contribution is 2.21. The molecule has 0 aromatic rings. The van der Waals surface area contributed by atoms with Gasteiger partial charge in [-0.25, -0.2) is 4.79 Å². The second-order valence-electron chi connectivity index (χ2n) is 6.52. The van der Waals surface area contributed by atoms with E-state index in [1.54, 1.807) is 25.8 Å².